The predicted molar refractivity (Wildman–Crippen MR) is 58.7 cm³/mol. The fourth-order valence-electron chi connectivity index (χ4n) is 0.782. The third kappa shape index (κ3) is 3.97. The van der Waals surface area contributed by atoms with Crippen LogP contribution < -0.4 is 11.1 Å². The van der Waals surface area contributed by atoms with E-state index in [1.807, 2.05) is 0 Å². The molecule has 0 aliphatic rings. The second-order valence-electron chi connectivity index (χ2n) is 2.38. The molecule has 1 amide bonds. The van der Waals surface area contributed by atoms with Crippen molar-refractivity contribution in [1.82, 2.24) is 4.98 Å². The molecule has 1 heterocycles. The van der Waals surface area contributed by atoms with Gasteiger partial charge in [-0.25, -0.2) is 9.78 Å². The smallest absolute Gasteiger partial charge is 0.413 e. The monoisotopic (exact) mass is 225 g/mol. The zero-order valence-electron chi connectivity index (χ0n) is 8.24. The van der Waals surface area contributed by atoms with Gasteiger partial charge in [-0.05, 0) is 6.92 Å². The third-order valence-electron chi connectivity index (χ3n) is 1.30. The Balaban J connectivity index is 2.56. The van der Waals surface area contributed by atoms with E-state index in [1.54, 1.807) is 13.1 Å². The molecule has 80 valence electrons. The van der Waals surface area contributed by atoms with Gasteiger partial charge in [0.05, 0.1) is 24.2 Å². The highest BCUT2D eigenvalue weighted by Gasteiger charge is 2.05. The summed E-state index contributed by atoms with van der Waals surface area (Å²) in [5.74, 6) is 5.52. The predicted octanol–water partition coefficient (Wildman–Crippen LogP) is 1.02. The highest BCUT2D eigenvalue weighted by atomic mass is 32.1. The van der Waals surface area contributed by atoms with Crippen molar-refractivity contribution in [3.63, 3.8) is 0 Å². The maximum Gasteiger partial charge on any atom is 0.413 e. The van der Waals surface area contributed by atoms with E-state index < -0.39 is 6.09 Å². The number of aromatic nitrogens is 1. The number of nitrogens with zero attached hydrogens (tertiary/aromatic N) is 1. The minimum absolute atomic E-state index is 0.304. The number of rotatable bonds is 2. The van der Waals surface area contributed by atoms with Crippen molar-refractivity contribution in [2.75, 3.05) is 18.5 Å². The number of nitrogens with one attached hydrogen (secondary N) is 1. The molecule has 0 spiro atoms. The van der Waals surface area contributed by atoms with Crippen LogP contribution in [-0.4, -0.2) is 24.2 Å². The van der Waals surface area contributed by atoms with Crippen molar-refractivity contribution in [3.05, 3.63) is 11.1 Å². The first kappa shape index (κ1) is 11.5. The van der Waals surface area contributed by atoms with E-state index in [1.165, 1.54) is 11.3 Å². The van der Waals surface area contributed by atoms with Crippen LogP contribution >= 0.6 is 11.3 Å². The van der Waals surface area contributed by atoms with Gasteiger partial charge in [0.1, 0.15) is 0 Å². The summed E-state index contributed by atoms with van der Waals surface area (Å²) in [6.07, 6.45) is 1.07. The first-order chi connectivity index (χ1) is 7.26. The molecule has 0 fully saturated rings. The van der Waals surface area contributed by atoms with Crippen LogP contribution in [0.3, 0.4) is 0 Å². The van der Waals surface area contributed by atoms with Crippen LogP contribution in [0.4, 0.5) is 9.93 Å². The average molecular weight is 225 g/mol. The second kappa shape index (κ2) is 6.01. The molecule has 0 saturated heterocycles. The number of thiazole rings is 1. The van der Waals surface area contributed by atoms with E-state index in [-0.39, 0.29) is 0 Å². The molecule has 0 aliphatic heterocycles. The molecule has 15 heavy (non-hydrogen) atoms. The average Bonchev–Trinajstić information content (AvgIpc) is 2.63. The molecule has 0 bridgehead atoms. The Bertz CT molecular complexity index is 392. The lowest BCUT2D eigenvalue weighted by Gasteiger charge is -1.99. The Morgan fingerprint density at radius 3 is 3.27 bits per heavy atom. The number of amides is 1. The molecule has 0 aromatic carbocycles. The number of nitrogens with two attached hydrogens (primary N) is 1. The van der Waals surface area contributed by atoms with Gasteiger partial charge in [-0.2, -0.15) is 0 Å². The lowest BCUT2D eigenvalue weighted by Crippen LogP contribution is -2.12. The van der Waals surface area contributed by atoms with Crippen LogP contribution in [0.5, 0.6) is 0 Å². The molecular formula is C9H11N3O2S. The molecule has 5 nitrogen and oxygen atoms in total. The van der Waals surface area contributed by atoms with Crippen molar-refractivity contribution in [2.24, 2.45) is 5.73 Å². The molecule has 1 aromatic heterocycles. The van der Waals surface area contributed by atoms with Gasteiger partial charge >= 0.3 is 6.09 Å². The van der Waals surface area contributed by atoms with E-state index in [4.69, 9.17) is 10.5 Å². The standard InChI is InChI=1S/C9H11N3O2S/c1-2-14-9(13)12-8-11-6-7(15-8)4-3-5-10/h6H,2,5,10H2,1H3,(H,11,12,13). The van der Waals surface area contributed by atoms with Crippen LogP contribution in [0, 0.1) is 11.8 Å². The first-order valence-electron chi connectivity index (χ1n) is 4.34. The molecule has 6 heteroatoms. The molecule has 1 rings (SSSR count). The number of hydrogen-bond donors (Lipinski definition) is 2. The van der Waals surface area contributed by atoms with Gasteiger partial charge in [0.2, 0.25) is 0 Å². The van der Waals surface area contributed by atoms with Gasteiger partial charge in [-0.15, -0.1) is 0 Å². The summed E-state index contributed by atoms with van der Waals surface area (Å²) >= 11 is 1.27. The van der Waals surface area contributed by atoms with Crippen LogP contribution in [0.1, 0.15) is 11.8 Å². The summed E-state index contributed by atoms with van der Waals surface area (Å²) < 4.78 is 4.70. The zero-order valence-corrected chi connectivity index (χ0v) is 9.06. The van der Waals surface area contributed by atoms with Crippen molar-refractivity contribution < 1.29 is 9.53 Å². The maximum absolute atomic E-state index is 11.0. The number of carbonyl (C=O) groups is 1. The molecule has 0 unspecified atom stereocenters. The summed E-state index contributed by atoms with van der Waals surface area (Å²) in [4.78, 5) is 15.7. The lowest BCUT2D eigenvalue weighted by atomic mass is 10.5. The fourth-order valence-corrected chi connectivity index (χ4v) is 1.46. The minimum Gasteiger partial charge on any atom is -0.450 e. The molecule has 1 aromatic rings. The van der Waals surface area contributed by atoms with Gasteiger partial charge < -0.3 is 10.5 Å². The van der Waals surface area contributed by atoms with E-state index in [2.05, 4.69) is 22.1 Å². The van der Waals surface area contributed by atoms with Gasteiger partial charge in [0, 0.05) is 0 Å². The third-order valence-corrected chi connectivity index (χ3v) is 2.13. The Morgan fingerprint density at radius 2 is 2.60 bits per heavy atom. The number of hydrogen-bond acceptors (Lipinski definition) is 5. The summed E-state index contributed by atoms with van der Waals surface area (Å²) in [5, 5.41) is 2.95. The van der Waals surface area contributed by atoms with Crippen molar-refractivity contribution in [3.8, 4) is 11.8 Å². The largest absolute Gasteiger partial charge is 0.450 e. The molecule has 0 radical (unpaired) electrons. The van der Waals surface area contributed by atoms with Crippen LogP contribution in [0.2, 0.25) is 0 Å². The number of anilines is 1. The Kier molecular flexibility index (Phi) is 4.60. The van der Waals surface area contributed by atoms with Crippen molar-refractivity contribution >= 4 is 22.6 Å². The van der Waals surface area contributed by atoms with Crippen LogP contribution in [0.15, 0.2) is 6.20 Å². The minimum atomic E-state index is -0.509. The summed E-state index contributed by atoms with van der Waals surface area (Å²) in [7, 11) is 0. The van der Waals surface area contributed by atoms with Gasteiger partial charge in [-0.3, -0.25) is 5.32 Å². The van der Waals surface area contributed by atoms with E-state index >= 15 is 0 Å². The Morgan fingerprint density at radius 1 is 1.80 bits per heavy atom. The Labute approximate surface area is 91.6 Å². The Hall–Kier alpha value is -1.58. The molecule has 0 aliphatic carbocycles. The van der Waals surface area contributed by atoms with Crippen LogP contribution in [-0.2, 0) is 4.74 Å². The van der Waals surface area contributed by atoms with Crippen LogP contribution in [0.25, 0.3) is 0 Å². The van der Waals surface area contributed by atoms with Crippen molar-refractivity contribution in [2.45, 2.75) is 6.92 Å². The number of carbonyl (C=O) groups excluding carboxylic acids is 1. The van der Waals surface area contributed by atoms with E-state index in [0.29, 0.717) is 18.3 Å². The van der Waals surface area contributed by atoms with E-state index in [0.717, 1.165) is 4.88 Å². The summed E-state index contributed by atoms with van der Waals surface area (Å²) in [6.45, 7) is 2.37. The number of ether oxygens (including phenoxy) is 1. The molecule has 3 N–H and O–H groups in total. The maximum atomic E-state index is 11.0. The first-order valence-corrected chi connectivity index (χ1v) is 5.16. The topological polar surface area (TPSA) is 77.2 Å². The molecule has 0 saturated carbocycles. The summed E-state index contributed by atoms with van der Waals surface area (Å²) in [6, 6.07) is 0. The SMILES string of the molecule is CCOC(=O)Nc1ncc(C#CCN)s1. The zero-order chi connectivity index (χ0) is 11.1. The summed E-state index contributed by atoms with van der Waals surface area (Å²) in [5.41, 5.74) is 5.22. The normalized spacial score (nSPS) is 8.93. The molecular weight excluding hydrogens is 214 g/mol. The highest BCUT2D eigenvalue weighted by Crippen LogP contribution is 2.16. The van der Waals surface area contributed by atoms with Crippen molar-refractivity contribution in [1.29, 1.82) is 0 Å². The van der Waals surface area contributed by atoms with Gasteiger partial charge in [0.25, 0.3) is 0 Å². The lowest BCUT2D eigenvalue weighted by molar-refractivity contribution is 0.168. The highest BCUT2D eigenvalue weighted by molar-refractivity contribution is 7.16. The second-order valence-corrected chi connectivity index (χ2v) is 3.41. The van der Waals surface area contributed by atoms with Gasteiger partial charge in [-0.1, -0.05) is 23.2 Å². The van der Waals surface area contributed by atoms with E-state index in [9.17, 15) is 4.79 Å². The quantitative estimate of drug-likeness (QED) is 0.737. The molecule has 0 atom stereocenters. The fraction of sp³-hybridized carbons (Fsp3) is 0.333. The van der Waals surface area contributed by atoms with Gasteiger partial charge in [0.15, 0.2) is 5.13 Å².